The van der Waals surface area contributed by atoms with Gasteiger partial charge in [-0.3, -0.25) is 4.79 Å². The van der Waals surface area contributed by atoms with Crippen LogP contribution >= 0.6 is 15.9 Å². The first-order valence-corrected chi connectivity index (χ1v) is 7.14. The Morgan fingerprint density at radius 3 is 2.94 bits per heavy atom. The molecule has 0 bridgehead atoms. The largest absolute Gasteiger partial charge is 0.396 e. The van der Waals surface area contributed by atoms with Crippen molar-refractivity contribution >= 4 is 21.8 Å². The van der Waals surface area contributed by atoms with Crippen molar-refractivity contribution in [2.45, 2.75) is 43.9 Å². The van der Waals surface area contributed by atoms with Crippen molar-refractivity contribution in [3.63, 3.8) is 0 Å². The van der Waals surface area contributed by atoms with E-state index in [0.717, 1.165) is 45.2 Å². The van der Waals surface area contributed by atoms with Gasteiger partial charge in [-0.1, -0.05) is 29.3 Å². The zero-order valence-electron chi connectivity index (χ0n) is 9.99. The Bertz CT molecular complexity index is 217. The van der Waals surface area contributed by atoms with Crippen LogP contribution in [0, 0.1) is 5.92 Å². The van der Waals surface area contributed by atoms with Gasteiger partial charge in [0.05, 0.1) is 4.83 Å². The smallest absolute Gasteiger partial charge is 0.236 e. The quantitative estimate of drug-likeness (QED) is 0.762. The molecule has 2 unspecified atom stereocenters. The minimum Gasteiger partial charge on any atom is -0.396 e. The van der Waals surface area contributed by atoms with Gasteiger partial charge in [-0.15, -0.1) is 0 Å². The zero-order chi connectivity index (χ0) is 12.0. The minimum atomic E-state index is 0.0117. The van der Waals surface area contributed by atoms with Crippen LogP contribution in [0.4, 0.5) is 0 Å². The molecule has 0 saturated carbocycles. The highest BCUT2D eigenvalue weighted by molar-refractivity contribution is 9.10. The maximum absolute atomic E-state index is 11.9. The van der Waals surface area contributed by atoms with Gasteiger partial charge in [-0.25, -0.2) is 0 Å². The van der Waals surface area contributed by atoms with Crippen LogP contribution in [0.3, 0.4) is 0 Å². The van der Waals surface area contributed by atoms with Crippen LogP contribution < -0.4 is 0 Å². The number of piperidine rings is 1. The fraction of sp³-hybridized carbons (Fsp3) is 0.917. The summed E-state index contributed by atoms with van der Waals surface area (Å²) < 4.78 is 0. The number of likely N-dealkylation sites (tertiary alicyclic amines) is 1. The summed E-state index contributed by atoms with van der Waals surface area (Å²) in [7, 11) is 0. The lowest BCUT2D eigenvalue weighted by molar-refractivity contribution is -0.133. The molecule has 1 saturated heterocycles. The number of hydrogen-bond donors (Lipinski definition) is 1. The summed E-state index contributed by atoms with van der Waals surface area (Å²) in [5.74, 6) is 0.682. The number of rotatable bonds is 6. The van der Waals surface area contributed by atoms with E-state index in [0.29, 0.717) is 5.92 Å². The topological polar surface area (TPSA) is 40.5 Å². The van der Waals surface area contributed by atoms with Crippen LogP contribution in [0.1, 0.15) is 39.0 Å². The van der Waals surface area contributed by atoms with Crippen LogP contribution in [-0.4, -0.2) is 40.4 Å². The highest BCUT2D eigenvalue weighted by Crippen LogP contribution is 2.21. The van der Waals surface area contributed by atoms with Gasteiger partial charge in [0.25, 0.3) is 0 Å². The summed E-state index contributed by atoms with van der Waals surface area (Å²) in [6.45, 7) is 4.07. The number of amides is 1. The molecular formula is C12H22BrNO2. The number of alkyl halides is 1. The molecule has 4 heteroatoms. The Hall–Kier alpha value is -0.0900. The van der Waals surface area contributed by atoms with Crippen molar-refractivity contribution in [1.82, 2.24) is 4.90 Å². The first-order valence-electron chi connectivity index (χ1n) is 6.22. The van der Waals surface area contributed by atoms with Crippen molar-refractivity contribution in [2.24, 2.45) is 5.92 Å². The molecule has 1 rings (SSSR count). The lowest BCUT2D eigenvalue weighted by atomic mass is 9.98. The van der Waals surface area contributed by atoms with Crippen molar-refractivity contribution in [3.8, 4) is 0 Å². The lowest BCUT2D eigenvalue weighted by Gasteiger charge is -2.32. The first kappa shape index (κ1) is 14.0. The molecule has 1 aliphatic heterocycles. The lowest BCUT2D eigenvalue weighted by Crippen LogP contribution is -2.44. The number of carbonyl (C=O) groups excluding carboxylic acids is 1. The molecule has 0 radical (unpaired) electrons. The van der Waals surface area contributed by atoms with Crippen molar-refractivity contribution < 1.29 is 9.90 Å². The fourth-order valence-corrected chi connectivity index (χ4v) is 2.92. The van der Waals surface area contributed by atoms with Crippen molar-refractivity contribution in [2.75, 3.05) is 19.7 Å². The molecule has 1 fully saturated rings. The minimum absolute atomic E-state index is 0.0117. The van der Waals surface area contributed by atoms with E-state index in [1.165, 1.54) is 0 Å². The fourth-order valence-electron chi connectivity index (χ4n) is 2.30. The van der Waals surface area contributed by atoms with Gasteiger partial charge >= 0.3 is 0 Å². The average Bonchev–Trinajstić information content (AvgIpc) is 2.25. The van der Waals surface area contributed by atoms with Gasteiger partial charge in [0, 0.05) is 19.7 Å². The third-order valence-corrected chi connectivity index (χ3v) is 4.03. The first-order chi connectivity index (χ1) is 7.69. The molecule has 0 aliphatic carbocycles. The summed E-state index contributed by atoms with van der Waals surface area (Å²) in [6.07, 6.45) is 5.06. The van der Waals surface area contributed by atoms with Crippen LogP contribution in [0.5, 0.6) is 0 Å². The second-order valence-corrected chi connectivity index (χ2v) is 5.67. The summed E-state index contributed by atoms with van der Waals surface area (Å²) >= 11 is 3.42. The zero-order valence-corrected chi connectivity index (χ0v) is 11.6. The number of aliphatic hydroxyl groups excluding tert-OH is 1. The van der Waals surface area contributed by atoms with E-state index in [1.54, 1.807) is 0 Å². The molecule has 1 amide bonds. The number of hydrogen-bond acceptors (Lipinski definition) is 2. The van der Waals surface area contributed by atoms with E-state index in [2.05, 4.69) is 22.9 Å². The molecule has 1 heterocycles. The monoisotopic (exact) mass is 291 g/mol. The third-order valence-electron chi connectivity index (χ3n) is 3.18. The Morgan fingerprint density at radius 1 is 1.56 bits per heavy atom. The van der Waals surface area contributed by atoms with Gasteiger partial charge < -0.3 is 10.0 Å². The Morgan fingerprint density at radius 2 is 2.31 bits per heavy atom. The van der Waals surface area contributed by atoms with Crippen LogP contribution in [0.25, 0.3) is 0 Å². The van der Waals surface area contributed by atoms with Gasteiger partial charge in [-0.05, 0) is 31.6 Å². The molecular weight excluding hydrogens is 270 g/mol. The SMILES string of the molecule is CCCC(CCO)CN1CCCC(Br)C1=O. The van der Waals surface area contributed by atoms with E-state index in [4.69, 9.17) is 5.11 Å². The molecule has 0 spiro atoms. The van der Waals surface area contributed by atoms with Gasteiger partial charge in [0.1, 0.15) is 0 Å². The van der Waals surface area contributed by atoms with Gasteiger partial charge in [0.2, 0.25) is 5.91 Å². The molecule has 16 heavy (non-hydrogen) atoms. The maximum atomic E-state index is 11.9. The number of carbonyl (C=O) groups is 1. The van der Waals surface area contributed by atoms with E-state index in [9.17, 15) is 4.79 Å². The van der Waals surface area contributed by atoms with Crippen LogP contribution in [0.15, 0.2) is 0 Å². The Kier molecular flexibility index (Phi) is 6.36. The molecule has 2 atom stereocenters. The van der Waals surface area contributed by atoms with Crippen molar-refractivity contribution in [3.05, 3.63) is 0 Å². The van der Waals surface area contributed by atoms with Crippen LogP contribution in [-0.2, 0) is 4.79 Å². The van der Waals surface area contributed by atoms with Gasteiger partial charge in [0.15, 0.2) is 0 Å². The molecule has 0 aromatic carbocycles. The van der Waals surface area contributed by atoms with E-state index < -0.39 is 0 Å². The predicted octanol–water partition coefficient (Wildman–Crippen LogP) is 2.17. The van der Waals surface area contributed by atoms with E-state index in [-0.39, 0.29) is 17.3 Å². The number of halogens is 1. The normalized spacial score (nSPS) is 23.6. The van der Waals surface area contributed by atoms with E-state index >= 15 is 0 Å². The highest BCUT2D eigenvalue weighted by atomic mass is 79.9. The molecule has 1 aliphatic rings. The second-order valence-electron chi connectivity index (χ2n) is 4.56. The Labute approximate surface area is 106 Å². The third kappa shape index (κ3) is 4.06. The van der Waals surface area contributed by atoms with E-state index in [1.807, 2.05) is 4.90 Å². The summed E-state index contributed by atoms with van der Waals surface area (Å²) in [5, 5.41) is 9.00. The van der Waals surface area contributed by atoms with Crippen LogP contribution in [0.2, 0.25) is 0 Å². The number of nitrogens with zero attached hydrogens (tertiary/aromatic N) is 1. The summed E-state index contributed by atoms with van der Waals surface area (Å²) in [5.41, 5.74) is 0. The second kappa shape index (κ2) is 7.28. The standard InChI is InChI=1S/C12H22BrNO2/c1-2-4-10(6-8-15)9-14-7-3-5-11(13)12(14)16/h10-11,15H,2-9H2,1H3. The van der Waals surface area contributed by atoms with Gasteiger partial charge in [-0.2, -0.15) is 0 Å². The molecule has 0 aromatic rings. The molecule has 0 aromatic heterocycles. The maximum Gasteiger partial charge on any atom is 0.236 e. The summed E-state index contributed by atoms with van der Waals surface area (Å²) in [6, 6.07) is 0. The van der Waals surface area contributed by atoms with Crippen molar-refractivity contribution in [1.29, 1.82) is 0 Å². The number of aliphatic hydroxyl groups is 1. The molecule has 1 N–H and O–H groups in total. The average molecular weight is 292 g/mol. The Balaban J connectivity index is 2.45. The molecule has 3 nitrogen and oxygen atoms in total. The summed E-state index contributed by atoms with van der Waals surface area (Å²) in [4.78, 5) is 13.9. The highest BCUT2D eigenvalue weighted by Gasteiger charge is 2.27. The molecule has 94 valence electrons. The predicted molar refractivity (Wildman–Crippen MR) is 68.6 cm³/mol.